The van der Waals surface area contributed by atoms with E-state index in [1.54, 1.807) is 0 Å². The Bertz CT molecular complexity index is 390. The zero-order valence-corrected chi connectivity index (χ0v) is 11.9. The third-order valence-electron chi connectivity index (χ3n) is 2.71. The third kappa shape index (κ3) is 3.90. The van der Waals surface area contributed by atoms with Crippen LogP contribution in [0.2, 0.25) is 0 Å². The number of ether oxygens (including phenoxy) is 1. The molecule has 1 unspecified atom stereocenters. The van der Waals surface area contributed by atoms with Crippen LogP contribution in [-0.4, -0.2) is 11.9 Å². The maximum atomic E-state index is 12.7. The van der Waals surface area contributed by atoms with E-state index in [4.69, 9.17) is 4.74 Å². The van der Waals surface area contributed by atoms with Gasteiger partial charge in [0.05, 0.1) is 12.2 Å². The highest BCUT2D eigenvalue weighted by Crippen LogP contribution is 2.36. The van der Waals surface area contributed by atoms with Crippen LogP contribution in [0.1, 0.15) is 37.3 Å². The van der Waals surface area contributed by atoms with E-state index in [9.17, 15) is 13.2 Å². The Hall–Kier alpha value is -0.710. The lowest BCUT2D eigenvalue weighted by atomic mass is 9.95. The molecular formula is C13H16BrF3O. The second kappa shape index (κ2) is 6.45. The summed E-state index contributed by atoms with van der Waals surface area (Å²) in [6.45, 7) is 4.16. The highest BCUT2D eigenvalue weighted by molar-refractivity contribution is 9.09. The average Bonchev–Trinajstić information content (AvgIpc) is 2.28. The van der Waals surface area contributed by atoms with Crippen LogP contribution in [0.4, 0.5) is 13.2 Å². The van der Waals surface area contributed by atoms with Crippen molar-refractivity contribution in [3.8, 4) is 5.75 Å². The molecule has 1 nitrogen and oxygen atoms in total. The largest absolute Gasteiger partial charge is 0.494 e. The molecule has 0 bridgehead atoms. The summed E-state index contributed by atoms with van der Waals surface area (Å²) in [7, 11) is 0. The van der Waals surface area contributed by atoms with Gasteiger partial charge in [-0.25, -0.2) is 0 Å². The Balaban J connectivity index is 3.15. The fraction of sp³-hybridized carbons (Fsp3) is 0.538. The molecule has 0 heterocycles. The van der Waals surface area contributed by atoms with Crippen molar-refractivity contribution >= 4 is 15.9 Å². The molecule has 1 aromatic carbocycles. The topological polar surface area (TPSA) is 9.23 Å². The van der Waals surface area contributed by atoms with Gasteiger partial charge in [-0.15, -0.1) is 0 Å². The molecule has 0 N–H and O–H groups in total. The van der Waals surface area contributed by atoms with E-state index >= 15 is 0 Å². The first-order valence-electron chi connectivity index (χ1n) is 5.80. The molecule has 1 atom stereocenters. The highest BCUT2D eigenvalue weighted by Gasteiger charge is 2.31. The summed E-state index contributed by atoms with van der Waals surface area (Å²) in [5.74, 6) is 0.562. The maximum absolute atomic E-state index is 12.7. The Morgan fingerprint density at radius 2 is 2.00 bits per heavy atom. The van der Waals surface area contributed by atoms with E-state index in [1.165, 1.54) is 12.1 Å². The summed E-state index contributed by atoms with van der Waals surface area (Å²) in [4.78, 5) is 0. The third-order valence-corrected chi connectivity index (χ3v) is 3.17. The predicted molar refractivity (Wildman–Crippen MR) is 69.4 cm³/mol. The first kappa shape index (κ1) is 15.3. The fourth-order valence-corrected chi connectivity index (χ4v) is 2.40. The molecule has 0 spiro atoms. The molecule has 0 aliphatic heterocycles. The zero-order valence-electron chi connectivity index (χ0n) is 10.4. The van der Waals surface area contributed by atoms with Gasteiger partial charge in [-0.05, 0) is 43.0 Å². The highest BCUT2D eigenvalue weighted by atomic mass is 79.9. The van der Waals surface area contributed by atoms with Crippen LogP contribution in [0.5, 0.6) is 5.75 Å². The molecule has 0 fully saturated rings. The Morgan fingerprint density at radius 1 is 1.33 bits per heavy atom. The molecule has 5 heteroatoms. The molecule has 0 saturated heterocycles. The molecular weight excluding hydrogens is 309 g/mol. The van der Waals surface area contributed by atoms with Crippen molar-refractivity contribution in [2.45, 2.75) is 32.4 Å². The smallest absolute Gasteiger partial charge is 0.416 e. The number of halogens is 4. The quantitative estimate of drug-likeness (QED) is 0.693. The summed E-state index contributed by atoms with van der Waals surface area (Å²) in [6.07, 6.45) is -3.55. The van der Waals surface area contributed by atoms with Crippen molar-refractivity contribution in [1.29, 1.82) is 0 Å². The van der Waals surface area contributed by atoms with Gasteiger partial charge < -0.3 is 4.74 Å². The molecule has 0 amide bonds. The minimum Gasteiger partial charge on any atom is -0.494 e. The monoisotopic (exact) mass is 324 g/mol. The van der Waals surface area contributed by atoms with Crippen LogP contribution >= 0.6 is 15.9 Å². The molecule has 0 aliphatic carbocycles. The lowest BCUT2D eigenvalue weighted by Gasteiger charge is -2.18. The second-order valence-electron chi connectivity index (χ2n) is 4.06. The van der Waals surface area contributed by atoms with E-state index in [0.717, 1.165) is 17.8 Å². The molecule has 18 heavy (non-hydrogen) atoms. The van der Waals surface area contributed by atoms with Crippen LogP contribution < -0.4 is 4.74 Å². The minimum absolute atomic E-state index is 0.0215. The standard InChI is InChI=1S/C13H16BrF3O/c1-3-18-12-5-4-10(13(15,16)17)8-11(12)9(2)6-7-14/h4-5,8-9H,3,6-7H2,1-2H3. The van der Waals surface area contributed by atoms with Crippen molar-refractivity contribution in [1.82, 2.24) is 0 Å². The van der Waals surface area contributed by atoms with Gasteiger partial charge in [0.2, 0.25) is 0 Å². The number of hydrogen-bond acceptors (Lipinski definition) is 1. The number of alkyl halides is 4. The van der Waals surface area contributed by atoms with Crippen molar-refractivity contribution in [3.63, 3.8) is 0 Å². The second-order valence-corrected chi connectivity index (χ2v) is 4.86. The fourth-order valence-electron chi connectivity index (χ4n) is 1.72. The lowest BCUT2D eigenvalue weighted by molar-refractivity contribution is -0.137. The lowest BCUT2D eigenvalue weighted by Crippen LogP contribution is -2.08. The molecule has 0 aliphatic rings. The van der Waals surface area contributed by atoms with Gasteiger partial charge in [0.15, 0.2) is 0 Å². The van der Waals surface area contributed by atoms with Crippen LogP contribution in [0.25, 0.3) is 0 Å². The molecule has 0 aromatic heterocycles. The first-order chi connectivity index (χ1) is 8.40. The van der Waals surface area contributed by atoms with E-state index < -0.39 is 11.7 Å². The van der Waals surface area contributed by atoms with E-state index in [0.29, 0.717) is 17.9 Å². The molecule has 102 valence electrons. The van der Waals surface area contributed by atoms with E-state index in [-0.39, 0.29) is 5.92 Å². The van der Waals surface area contributed by atoms with Gasteiger partial charge in [0.25, 0.3) is 0 Å². The number of benzene rings is 1. The van der Waals surface area contributed by atoms with Gasteiger partial charge >= 0.3 is 6.18 Å². The Morgan fingerprint density at radius 3 is 2.50 bits per heavy atom. The van der Waals surface area contributed by atoms with Gasteiger partial charge in [0, 0.05) is 5.33 Å². The van der Waals surface area contributed by atoms with Crippen molar-refractivity contribution in [2.75, 3.05) is 11.9 Å². The average molecular weight is 325 g/mol. The molecule has 0 saturated carbocycles. The number of hydrogen-bond donors (Lipinski definition) is 0. The summed E-state index contributed by atoms with van der Waals surface area (Å²) >= 11 is 3.31. The molecule has 1 rings (SSSR count). The van der Waals surface area contributed by atoms with Gasteiger partial charge in [0.1, 0.15) is 5.75 Å². The van der Waals surface area contributed by atoms with Crippen molar-refractivity contribution < 1.29 is 17.9 Å². The summed E-state index contributed by atoms with van der Waals surface area (Å²) in [5, 5.41) is 0.746. The maximum Gasteiger partial charge on any atom is 0.416 e. The van der Waals surface area contributed by atoms with Crippen LogP contribution in [0.3, 0.4) is 0 Å². The zero-order chi connectivity index (χ0) is 13.8. The van der Waals surface area contributed by atoms with E-state index in [1.807, 2.05) is 13.8 Å². The van der Waals surface area contributed by atoms with Crippen molar-refractivity contribution in [3.05, 3.63) is 29.3 Å². The minimum atomic E-state index is -4.31. The van der Waals surface area contributed by atoms with Gasteiger partial charge in [-0.3, -0.25) is 0 Å². The summed E-state index contributed by atoms with van der Waals surface area (Å²) < 4.78 is 43.4. The van der Waals surface area contributed by atoms with E-state index in [2.05, 4.69) is 15.9 Å². The first-order valence-corrected chi connectivity index (χ1v) is 6.92. The van der Waals surface area contributed by atoms with Crippen LogP contribution in [0, 0.1) is 0 Å². The van der Waals surface area contributed by atoms with Gasteiger partial charge in [-0.1, -0.05) is 22.9 Å². The van der Waals surface area contributed by atoms with Crippen molar-refractivity contribution in [2.24, 2.45) is 0 Å². The summed E-state index contributed by atoms with van der Waals surface area (Å²) in [5.41, 5.74) is -0.00602. The molecule has 1 aromatic rings. The Labute approximate surface area is 113 Å². The predicted octanol–water partition coefficient (Wildman–Crippen LogP) is 4.99. The van der Waals surface area contributed by atoms with Gasteiger partial charge in [-0.2, -0.15) is 13.2 Å². The van der Waals surface area contributed by atoms with Crippen LogP contribution in [-0.2, 0) is 6.18 Å². The SMILES string of the molecule is CCOc1ccc(C(F)(F)F)cc1C(C)CCBr. The summed E-state index contributed by atoms with van der Waals surface area (Å²) in [6, 6.07) is 3.67. The number of rotatable bonds is 5. The normalized spacial score (nSPS) is 13.4. The van der Waals surface area contributed by atoms with Crippen LogP contribution in [0.15, 0.2) is 18.2 Å². The Kier molecular flexibility index (Phi) is 5.50. The molecule has 0 radical (unpaired) electrons.